The first kappa shape index (κ1) is 22.1. The molecule has 0 aromatic heterocycles. The summed E-state index contributed by atoms with van der Waals surface area (Å²) in [6.45, 7) is 5.88. The first-order chi connectivity index (χ1) is 14.6. The molecular weight excluding hydrogens is 400 g/mol. The Morgan fingerprint density at radius 2 is 1.73 bits per heavy atom. The standard InChI is InChI=1S/C23H27ClN4O2/c24-21-6-8-22(9-7-21)30-15-10-26-23(29)18-28-12-1-11-27(13-14-28)17-20-4-2-19(16-25)3-5-20/h2-9H,1,10-15,17-18H2,(H,26,29). The van der Waals surface area contributed by atoms with Gasteiger partial charge in [0.2, 0.25) is 5.91 Å². The van der Waals surface area contributed by atoms with Gasteiger partial charge in [0.25, 0.3) is 0 Å². The lowest BCUT2D eigenvalue weighted by Gasteiger charge is -2.21. The zero-order valence-corrected chi connectivity index (χ0v) is 17.8. The van der Waals surface area contributed by atoms with Crippen LogP contribution < -0.4 is 10.1 Å². The molecule has 3 rings (SSSR count). The van der Waals surface area contributed by atoms with Gasteiger partial charge in [0.1, 0.15) is 12.4 Å². The average Bonchev–Trinajstić information content (AvgIpc) is 2.98. The zero-order chi connectivity index (χ0) is 21.2. The molecule has 1 saturated heterocycles. The summed E-state index contributed by atoms with van der Waals surface area (Å²) in [5.74, 6) is 0.763. The van der Waals surface area contributed by atoms with Crippen molar-refractivity contribution in [2.45, 2.75) is 13.0 Å². The predicted molar refractivity (Wildman–Crippen MR) is 117 cm³/mol. The Morgan fingerprint density at radius 1 is 1.03 bits per heavy atom. The Balaban J connectivity index is 1.34. The van der Waals surface area contributed by atoms with Crippen molar-refractivity contribution in [1.82, 2.24) is 15.1 Å². The van der Waals surface area contributed by atoms with E-state index in [2.05, 4.69) is 21.2 Å². The minimum Gasteiger partial charge on any atom is -0.492 e. The quantitative estimate of drug-likeness (QED) is 0.657. The molecule has 1 aliphatic rings. The fourth-order valence-electron chi connectivity index (χ4n) is 3.43. The number of ether oxygens (including phenoxy) is 1. The summed E-state index contributed by atoms with van der Waals surface area (Å²) in [5, 5.41) is 12.5. The molecule has 0 aliphatic carbocycles. The molecule has 1 amide bonds. The Bertz CT molecular complexity index is 849. The smallest absolute Gasteiger partial charge is 0.234 e. The average molecular weight is 427 g/mol. The van der Waals surface area contributed by atoms with Crippen LogP contribution in [0.15, 0.2) is 48.5 Å². The van der Waals surface area contributed by atoms with Gasteiger partial charge in [-0.05, 0) is 61.5 Å². The normalized spacial score (nSPS) is 15.2. The van der Waals surface area contributed by atoms with Crippen molar-refractivity contribution in [2.75, 3.05) is 45.9 Å². The highest BCUT2D eigenvalue weighted by molar-refractivity contribution is 6.30. The lowest BCUT2D eigenvalue weighted by molar-refractivity contribution is -0.122. The summed E-state index contributed by atoms with van der Waals surface area (Å²) >= 11 is 5.85. The molecule has 0 unspecified atom stereocenters. The number of carbonyl (C=O) groups is 1. The van der Waals surface area contributed by atoms with Crippen LogP contribution in [0.25, 0.3) is 0 Å². The lowest BCUT2D eigenvalue weighted by atomic mass is 10.1. The second-order valence-corrected chi connectivity index (χ2v) is 7.80. The minimum absolute atomic E-state index is 0.0234. The summed E-state index contributed by atoms with van der Waals surface area (Å²) in [7, 11) is 0. The van der Waals surface area contributed by atoms with Crippen LogP contribution in [0, 0.1) is 11.3 Å². The van der Waals surface area contributed by atoms with Gasteiger partial charge in [-0.25, -0.2) is 0 Å². The van der Waals surface area contributed by atoms with Crippen molar-refractivity contribution in [3.63, 3.8) is 0 Å². The Labute approximate surface area is 183 Å². The lowest BCUT2D eigenvalue weighted by Crippen LogP contribution is -2.40. The number of hydrogen-bond acceptors (Lipinski definition) is 5. The maximum atomic E-state index is 12.2. The van der Waals surface area contributed by atoms with Crippen LogP contribution in [0.1, 0.15) is 17.5 Å². The van der Waals surface area contributed by atoms with E-state index in [-0.39, 0.29) is 5.91 Å². The molecule has 2 aromatic rings. The maximum Gasteiger partial charge on any atom is 0.234 e. The van der Waals surface area contributed by atoms with E-state index in [1.54, 1.807) is 12.1 Å². The van der Waals surface area contributed by atoms with Crippen LogP contribution in [0.5, 0.6) is 5.75 Å². The van der Waals surface area contributed by atoms with Crippen LogP contribution in [0.2, 0.25) is 5.02 Å². The van der Waals surface area contributed by atoms with Crippen LogP contribution in [0.4, 0.5) is 0 Å². The molecule has 1 fully saturated rings. The largest absolute Gasteiger partial charge is 0.492 e. The molecule has 0 saturated carbocycles. The molecule has 0 bridgehead atoms. The van der Waals surface area contributed by atoms with Gasteiger partial charge in [-0.15, -0.1) is 0 Å². The van der Waals surface area contributed by atoms with Gasteiger partial charge in [-0.2, -0.15) is 5.26 Å². The van der Waals surface area contributed by atoms with Gasteiger partial charge in [-0.3, -0.25) is 14.6 Å². The molecule has 0 radical (unpaired) electrons. The van der Waals surface area contributed by atoms with Crippen molar-refractivity contribution in [1.29, 1.82) is 5.26 Å². The van der Waals surface area contributed by atoms with Gasteiger partial charge in [-0.1, -0.05) is 23.7 Å². The van der Waals surface area contributed by atoms with Crippen molar-refractivity contribution in [3.8, 4) is 11.8 Å². The van der Waals surface area contributed by atoms with E-state index in [4.69, 9.17) is 21.6 Å². The molecule has 30 heavy (non-hydrogen) atoms. The molecule has 6 nitrogen and oxygen atoms in total. The molecule has 1 N–H and O–H groups in total. The molecule has 1 aliphatic heterocycles. The number of amides is 1. The Hall–Kier alpha value is -2.59. The molecule has 0 spiro atoms. The predicted octanol–water partition coefficient (Wildman–Crippen LogP) is 2.91. The highest BCUT2D eigenvalue weighted by Crippen LogP contribution is 2.15. The summed E-state index contributed by atoms with van der Waals surface area (Å²) < 4.78 is 5.60. The molecule has 2 aromatic carbocycles. The van der Waals surface area contributed by atoms with Gasteiger partial charge in [0.15, 0.2) is 0 Å². The molecule has 158 valence electrons. The van der Waals surface area contributed by atoms with Gasteiger partial charge >= 0.3 is 0 Å². The summed E-state index contributed by atoms with van der Waals surface area (Å²) in [6.07, 6.45) is 1.03. The summed E-state index contributed by atoms with van der Waals surface area (Å²) in [5.41, 5.74) is 1.89. The van der Waals surface area contributed by atoms with E-state index in [1.807, 2.05) is 36.4 Å². The molecular formula is C23H27ClN4O2. The highest BCUT2D eigenvalue weighted by Gasteiger charge is 2.17. The third kappa shape index (κ3) is 7.34. The number of rotatable bonds is 8. The van der Waals surface area contributed by atoms with Gasteiger partial charge in [0.05, 0.1) is 24.7 Å². The van der Waals surface area contributed by atoms with E-state index >= 15 is 0 Å². The Morgan fingerprint density at radius 3 is 2.47 bits per heavy atom. The van der Waals surface area contributed by atoms with E-state index in [1.165, 1.54) is 5.56 Å². The fourth-order valence-corrected chi connectivity index (χ4v) is 3.56. The van der Waals surface area contributed by atoms with E-state index in [0.29, 0.717) is 30.3 Å². The molecule has 0 atom stereocenters. The molecule has 1 heterocycles. The SMILES string of the molecule is N#Cc1ccc(CN2CCCN(CC(=O)NCCOc3ccc(Cl)cc3)CC2)cc1. The van der Waals surface area contributed by atoms with Gasteiger partial charge < -0.3 is 10.1 Å². The summed E-state index contributed by atoms with van der Waals surface area (Å²) in [6, 6.07) is 17.1. The first-order valence-electron chi connectivity index (χ1n) is 10.2. The van der Waals surface area contributed by atoms with E-state index in [0.717, 1.165) is 44.9 Å². The first-order valence-corrected chi connectivity index (χ1v) is 10.6. The summed E-state index contributed by atoms with van der Waals surface area (Å²) in [4.78, 5) is 16.9. The van der Waals surface area contributed by atoms with Crippen LogP contribution in [-0.2, 0) is 11.3 Å². The van der Waals surface area contributed by atoms with Crippen molar-refractivity contribution < 1.29 is 9.53 Å². The fraction of sp³-hybridized carbons (Fsp3) is 0.391. The van der Waals surface area contributed by atoms with Crippen molar-refractivity contribution in [3.05, 3.63) is 64.7 Å². The maximum absolute atomic E-state index is 12.2. The number of nitrogens with one attached hydrogen (secondary N) is 1. The van der Waals surface area contributed by atoms with Gasteiger partial charge in [0, 0.05) is 24.7 Å². The van der Waals surface area contributed by atoms with Crippen molar-refractivity contribution >= 4 is 17.5 Å². The highest BCUT2D eigenvalue weighted by atomic mass is 35.5. The number of halogens is 1. The van der Waals surface area contributed by atoms with Crippen LogP contribution in [-0.4, -0.2) is 61.6 Å². The molecule has 7 heteroatoms. The third-order valence-electron chi connectivity index (χ3n) is 5.04. The second-order valence-electron chi connectivity index (χ2n) is 7.37. The Kier molecular flexibility index (Phi) is 8.52. The minimum atomic E-state index is 0.0234. The topological polar surface area (TPSA) is 68.6 Å². The van der Waals surface area contributed by atoms with E-state index in [9.17, 15) is 4.79 Å². The van der Waals surface area contributed by atoms with Crippen LogP contribution >= 0.6 is 11.6 Å². The third-order valence-corrected chi connectivity index (χ3v) is 5.30. The van der Waals surface area contributed by atoms with Crippen molar-refractivity contribution in [2.24, 2.45) is 0 Å². The zero-order valence-electron chi connectivity index (χ0n) is 17.0. The number of carbonyl (C=O) groups excluding carboxylic acids is 1. The number of nitrogens with zero attached hydrogens (tertiary/aromatic N) is 3. The van der Waals surface area contributed by atoms with E-state index < -0.39 is 0 Å². The number of hydrogen-bond donors (Lipinski definition) is 1. The monoisotopic (exact) mass is 426 g/mol. The number of nitriles is 1. The number of benzene rings is 2. The van der Waals surface area contributed by atoms with Crippen LogP contribution in [0.3, 0.4) is 0 Å². The second kappa shape index (κ2) is 11.6.